The Hall–Kier alpha value is -0.950. The predicted molar refractivity (Wildman–Crippen MR) is 196 cm³/mol. The Balaban J connectivity index is 3.77. The van der Waals surface area contributed by atoms with E-state index in [1.54, 1.807) is 0 Å². The van der Waals surface area contributed by atoms with E-state index in [1.807, 2.05) is 0 Å². The number of amides is 1. The summed E-state index contributed by atoms with van der Waals surface area (Å²) in [7, 11) is 0. The molecule has 0 saturated carbocycles. The number of aliphatic hydroxyl groups is 4. The third kappa shape index (κ3) is 29.2. The van der Waals surface area contributed by atoms with E-state index < -0.39 is 36.9 Å². The number of carbonyl (C=O) groups is 1. The molecule has 0 heterocycles. The van der Waals surface area contributed by atoms with E-state index in [9.17, 15) is 25.2 Å². The summed E-state index contributed by atoms with van der Waals surface area (Å²) < 4.78 is 0. The Morgan fingerprint density at radius 3 is 1.30 bits per heavy atom. The Morgan fingerprint density at radius 2 is 0.891 bits per heavy atom. The quantitative estimate of drug-likeness (QED) is 0.0342. The van der Waals surface area contributed by atoms with Gasteiger partial charge in [0.2, 0.25) is 5.91 Å². The highest BCUT2D eigenvalue weighted by atomic mass is 16.3. The SMILES string of the molecule is CCCCCCCCC/C=C/CCC[C@@H](O)[C@@H](O)[C@H](CO)NC(=O)[C@H](O)CCCCCCCCCCCCCCCCCCCC. The van der Waals surface area contributed by atoms with Gasteiger partial charge in [-0.2, -0.15) is 0 Å². The standard InChI is InChI=1S/C40H79NO5/c1-3-5-7-9-11-13-15-17-18-19-20-21-22-24-26-28-30-32-34-38(44)40(46)41-36(35-42)39(45)37(43)33-31-29-27-25-23-16-14-12-10-8-6-4-2/h25,27,36-39,42-45H,3-24,26,28-35H2,1-2H3,(H,41,46)/b27-25+/t36-,37+,38+,39-/m0/s1. The molecule has 0 aromatic heterocycles. The lowest BCUT2D eigenvalue weighted by Gasteiger charge is -2.27. The summed E-state index contributed by atoms with van der Waals surface area (Å²) in [5, 5.41) is 43.5. The van der Waals surface area contributed by atoms with Crippen molar-refractivity contribution in [1.29, 1.82) is 0 Å². The van der Waals surface area contributed by atoms with Gasteiger partial charge in [-0.1, -0.05) is 180 Å². The Kier molecular flexibility index (Phi) is 34.6. The Morgan fingerprint density at radius 1 is 0.522 bits per heavy atom. The number of hydrogen-bond donors (Lipinski definition) is 5. The number of hydrogen-bond acceptors (Lipinski definition) is 5. The molecule has 0 aromatic rings. The first-order valence-corrected chi connectivity index (χ1v) is 20.1. The topological polar surface area (TPSA) is 110 Å². The van der Waals surface area contributed by atoms with E-state index in [2.05, 4.69) is 31.3 Å². The lowest BCUT2D eigenvalue weighted by molar-refractivity contribution is -0.132. The van der Waals surface area contributed by atoms with E-state index in [-0.39, 0.29) is 0 Å². The molecule has 0 aliphatic carbocycles. The van der Waals surface area contributed by atoms with Crippen molar-refractivity contribution in [2.75, 3.05) is 6.61 Å². The maximum atomic E-state index is 12.5. The molecule has 274 valence electrons. The fourth-order valence-electron chi connectivity index (χ4n) is 6.23. The van der Waals surface area contributed by atoms with Gasteiger partial charge in [-0.15, -0.1) is 0 Å². The molecule has 0 bridgehead atoms. The normalized spacial score (nSPS) is 14.5. The van der Waals surface area contributed by atoms with Crippen LogP contribution >= 0.6 is 0 Å². The van der Waals surface area contributed by atoms with Gasteiger partial charge in [0.15, 0.2) is 0 Å². The first kappa shape index (κ1) is 45.0. The van der Waals surface area contributed by atoms with E-state index in [1.165, 1.54) is 141 Å². The molecule has 0 aromatic carbocycles. The number of nitrogens with one attached hydrogen (secondary N) is 1. The minimum Gasteiger partial charge on any atom is -0.394 e. The van der Waals surface area contributed by atoms with Crippen molar-refractivity contribution in [3.8, 4) is 0 Å². The van der Waals surface area contributed by atoms with Crippen LogP contribution in [0.3, 0.4) is 0 Å². The monoisotopic (exact) mass is 654 g/mol. The van der Waals surface area contributed by atoms with Crippen LogP contribution in [0.15, 0.2) is 12.2 Å². The van der Waals surface area contributed by atoms with Crippen molar-refractivity contribution in [1.82, 2.24) is 5.32 Å². The average Bonchev–Trinajstić information content (AvgIpc) is 3.06. The molecule has 4 atom stereocenters. The van der Waals surface area contributed by atoms with Gasteiger partial charge in [-0.3, -0.25) is 4.79 Å². The second-order valence-electron chi connectivity index (χ2n) is 14.0. The second kappa shape index (κ2) is 35.4. The molecule has 0 unspecified atom stereocenters. The van der Waals surface area contributed by atoms with Crippen LogP contribution in [0.1, 0.15) is 206 Å². The van der Waals surface area contributed by atoms with Crippen molar-refractivity contribution in [3.05, 3.63) is 12.2 Å². The molecule has 0 saturated heterocycles. The number of rotatable bonds is 36. The van der Waals surface area contributed by atoms with E-state index in [0.29, 0.717) is 12.8 Å². The van der Waals surface area contributed by atoms with Gasteiger partial charge in [-0.05, 0) is 38.5 Å². The number of allylic oxidation sites excluding steroid dienone is 2. The number of unbranched alkanes of at least 4 members (excludes halogenated alkanes) is 25. The molecule has 0 radical (unpaired) electrons. The van der Waals surface area contributed by atoms with Crippen molar-refractivity contribution in [3.63, 3.8) is 0 Å². The van der Waals surface area contributed by atoms with Crippen LogP contribution in [-0.4, -0.2) is 57.3 Å². The van der Waals surface area contributed by atoms with Gasteiger partial charge in [0.25, 0.3) is 0 Å². The third-order valence-electron chi connectivity index (χ3n) is 9.48. The van der Waals surface area contributed by atoms with Crippen LogP contribution in [-0.2, 0) is 4.79 Å². The largest absolute Gasteiger partial charge is 0.394 e. The van der Waals surface area contributed by atoms with Crippen molar-refractivity contribution in [2.45, 2.75) is 231 Å². The van der Waals surface area contributed by atoms with Crippen LogP contribution in [0.4, 0.5) is 0 Å². The minimum absolute atomic E-state index is 0.368. The summed E-state index contributed by atoms with van der Waals surface area (Å²) in [6.45, 7) is 4.02. The number of carbonyl (C=O) groups excluding carboxylic acids is 1. The molecule has 46 heavy (non-hydrogen) atoms. The zero-order valence-corrected chi connectivity index (χ0v) is 30.6. The first-order chi connectivity index (χ1) is 22.5. The second-order valence-corrected chi connectivity index (χ2v) is 14.0. The fraction of sp³-hybridized carbons (Fsp3) is 0.925. The molecule has 1 amide bonds. The highest BCUT2D eigenvalue weighted by Gasteiger charge is 2.28. The zero-order chi connectivity index (χ0) is 33.9. The average molecular weight is 654 g/mol. The van der Waals surface area contributed by atoms with Gasteiger partial charge in [0, 0.05) is 0 Å². The van der Waals surface area contributed by atoms with Crippen LogP contribution in [0.5, 0.6) is 0 Å². The zero-order valence-electron chi connectivity index (χ0n) is 30.6. The summed E-state index contributed by atoms with van der Waals surface area (Å²) in [5.74, 6) is -0.592. The summed E-state index contributed by atoms with van der Waals surface area (Å²) in [6.07, 6.45) is 36.7. The van der Waals surface area contributed by atoms with Crippen LogP contribution in [0.25, 0.3) is 0 Å². The van der Waals surface area contributed by atoms with Crippen molar-refractivity contribution >= 4 is 5.91 Å². The first-order valence-electron chi connectivity index (χ1n) is 20.1. The molecule has 0 spiro atoms. The van der Waals surface area contributed by atoms with Gasteiger partial charge < -0.3 is 25.7 Å². The molecule has 0 rings (SSSR count). The summed E-state index contributed by atoms with van der Waals surface area (Å²) in [6, 6.07) is -0.995. The molecule has 6 heteroatoms. The lowest BCUT2D eigenvalue weighted by atomic mass is 10.00. The van der Waals surface area contributed by atoms with Gasteiger partial charge in [0.1, 0.15) is 12.2 Å². The van der Waals surface area contributed by atoms with Gasteiger partial charge in [0.05, 0.1) is 18.8 Å². The molecule has 0 fully saturated rings. The van der Waals surface area contributed by atoms with Gasteiger partial charge >= 0.3 is 0 Å². The lowest BCUT2D eigenvalue weighted by Crippen LogP contribution is -2.53. The summed E-state index contributed by atoms with van der Waals surface area (Å²) in [4.78, 5) is 12.5. The van der Waals surface area contributed by atoms with Crippen molar-refractivity contribution in [2.24, 2.45) is 0 Å². The molecule has 0 aliphatic heterocycles. The smallest absolute Gasteiger partial charge is 0.249 e. The fourth-order valence-corrected chi connectivity index (χ4v) is 6.23. The highest BCUT2D eigenvalue weighted by Crippen LogP contribution is 2.16. The van der Waals surface area contributed by atoms with E-state index in [4.69, 9.17) is 0 Å². The van der Waals surface area contributed by atoms with Crippen molar-refractivity contribution < 1.29 is 25.2 Å². The predicted octanol–water partition coefficient (Wildman–Crippen LogP) is 9.85. The van der Waals surface area contributed by atoms with Gasteiger partial charge in [-0.25, -0.2) is 0 Å². The summed E-state index contributed by atoms with van der Waals surface area (Å²) >= 11 is 0. The molecular weight excluding hydrogens is 574 g/mol. The highest BCUT2D eigenvalue weighted by molar-refractivity contribution is 5.80. The Labute approximate surface area is 285 Å². The number of aliphatic hydroxyl groups excluding tert-OH is 4. The van der Waals surface area contributed by atoms with Crippen LogP contribution < -0.4 is 5.32 Å². The molecule has 5 N–H and O–H groups in total. The third-order valence-corrected chi connectivity index (χ3v) is 9.48. The molecular formula is C40H79NO5. The summed E-state index contributed by atoms with van der Waals surface area (Å²) in [5.41, 5.74) is 0. The minimum atomic E-state index is -1.28. The maximum Gasteiger partial charge on any atom is 0.249 e. The van der Waals surface area contributed by atoms with E-state index >= 15 is 0 Å². The van der Waals surface area contributed by atoms with Crippen LogP contribution in [0, 0.1) is 0 Å². The molecule has 0 aliphatic rings. The van der Waals surface area contributed by atoms with E-state index in [0.717, 1.165) is 38.5 Å². The molecule has 6 nitrogen and oxygen atoms in total. The van der Waals surface area contributed by atoms with Crippen LogP contribution in [0.2, 0.25) is 0 Å². The maximum absolute atomic E-state index is 12.5. The Bertz CT molecular complexity index is 658.